The van der Waals surface area contributed by atoms with E-state index < -0.39 is 0 Å². The van der Waals surface area contributed by atoms with Crippen LogP contribution in [0.1, 0.15) is 16.8 Å². The van der Waals surface area contributed by atoms with Gasteiger partial charge in [0, 0.05) is 12.6 Å². The molecular formula is C13H16N2. The highest BCUT2D eigenvalue weighted by Crippen LogP contribution is 2.22. The molecule has 0 aliphatic heterocycles. The molecule has 2 heteroatoms. The molecule has 0 radical (unpaired) electrons. The van der Waals surface area contributed by atoms with Crippen molar-refractivity contribution < 1.29 is 0 Å². The van der Waals surface area contributed by atoms with Gasteiger partial charge in [-0.05, 0) is 44.0 Å². The number of benzene rings is 1. The summed E-state index contributed by atoms with van der Waals surface area (Å²) in [6.07, 6.45) is 0. The first kappa shape index (κ1) is 9.97. The van der Waals surface area contributed by atoms with E-state index in [1.807, 2.05) is 18.7 Å². The Labute approximate surface area is 90.6 Å². The maximum Gasteiger partial charge on any atom is 0.0681 e. The molecule has 2 aromatic rings. The van der Waals surface area contributed by atoms with Gasteiger partial charge in [-0.2, -0.15) is 5.10 Å². The molecule has 0 unspecified atom stereocenters. The van der Waals surface area contributed by atoms with Crippen molar-refractivity contribution >= 4 is 0 Å². The Kier molecular flexibility index (Phi) is 2.35. The van der Waals surface area contributed by atoms with E-state index in [4.69, 9.17) is 0 Å². The second-order valence-electron chi connectivity index (χ2n) is 4.09. The predicted molar refractivity (Wildman–Crippen MR) is 62.9 cm³/mol. The highest BCUT2D eigenvalue weighted by atomic mass is 15.3. The molecule has 1 aromatic carbocycles. The van der Waals surface area contributed by atoms with Crippen molar-refractivity contribution in [3.05, 3.63) is 41.1 Å². The lowest BCUT2D eigenvalue weighted by Crippen LogP contribution is -1.94. The third-order valence-corrected chi connectivity index (χ3v) is 2.80. The SMILES string of the molecule is Cc1cc(-c2ccc(C)c(C)c2)n(C)n1. The van der Waals surface area contributed by atoms with Crippen molar-refractivity contribution in [2.45, 2.75) is 20.8 Å². The monoisotopic (exact) mass is 200 g/mol. The zero-order valence-electron chi connectivity index (χ0n) is 9.70. The smallest absolute Gasteiger partial charge is 0.0681 e. The van der Waals surface area contributed by atoms with Crippen molar-refractivity contribution in [1.82, 2.24) is 9.78 Å². The van der Waals surface area contributed by atoms with Gasteiger partial charge >= 0.3 is 0 Å². The van der Waals surface area contributed by atoms with Crippen LogP contribution in [0.2, 0.25) is 0 Å². The molecule has 0 atom stereocenters. The quantitative estimate of drug-likeness (QED) is 0.692. The molecule has 1 heterocycles. The summed E-state index contributed by atoms with van der Waals surface area (Å²) in [5.41, 5.74) is 6.13. The number of hydrogen-bond donors (Lipinski definition) is 0. The number of hydrogen-bond acceptors (Lipinski definition) is 1. The molecular weight excluding hydrogens is 184 g/mol. The van der Waals surface area contributed by atoms with Gasteiger partial charge in [-0.25, -0.2) is 0 Å². The molecule has 0 aliphatic rings. The Hall–Kier alpha value is -1.57. The van der Waals surface area contributed by atoms with Gasteiger partial charge in [0.2, 0.25) is 0 Å². The van der Waals surface area contributed by atoms with E-state index in [1.165, 1.54) is 22.4 Å². The zero-order chi connectivity index (χ0) is 11.0. The molecule has 0 N–H and O–H groups in total. The molecule has 2 nitrogen and oxygen atoms in total. The van der Waals surface area contributed by atoms with E-state index in [1.54, 1.807) is 0 Å². The minimum atomic E-state index is 1.06. The second kappa shape index (κ2) is 3.54. The molecule has 0 spiro atoms. The minimum Gasteiger partial charge on any atom is -0.268 e. The van der Waals surface area contributed by atoms with Crippen LogP contribution in [0.4, 0.5) is 0 Å². The van der Waals surface area contributed by atoms with Crippen LogP contribution < -0.4 is 0 Å². The van der Waals surface area contributed by atoms with E-state index in [-0.39, 0.29) is 0 Å². The fourth-order valence-corrected chi connectivity index (χ4v) is 1.78. The molecule has 1 aromatic heterocycles. The van der Waals surface area contributed by atoms with E-state index in [0.29, 0.717) is 0 Å². The number of rotatable bonds is 1. The summed E-state index contributed by atoms with van der Waals surface area (Å²) >= 11 is 0. The van der Waals surface area contributed by atoms with Crippen LogP contribution in [0.25, 0.3) is 11.3 Å². The first-order valence-corrected chi connectivity index (χ1v) is 5.16. The fourth-order valence-electron chi connectivity index (χ4n) is 1.78. The first-order valence-electron chi connectivity index (χ1n) is 5.16. The van der Waals surface area contributed by atoms with Crippen molar-refractivity contribution in [2.75, 3.05) is 0 Å². The lowest BCUT2D eigenvalue weighted by Gasteiger charge is -2.05. The summed E-state index contributed by atoms with van der Waals surface area (Å²) in [6, 6.07) is 8.64. The molecule has 0 saturated heterocycles. The van der Waals surface area contributed by atoms with Gasteiger partial charge in [-0.15, -0.1) is 0 Å². The zero-order valence-corrected chi connectivity index (χ0v) is 9.70. The lowest BCUT2D eigenvalue weighted by atomic mass is 10.0. The Morgan fingerprint density at radius 2 is 1.73 bits per heavy atom. The topological polar surface area (TPSA) is 17.8 Å². The molecule has 0 bridgehead atoms. The Morgan fingerprint density at radius 3 is 2.27 bits per heavy atom. The maximum atomic E-state index is 4.36. The Morgan fingerprint density at radius 1 is 1.00 bits per heavy atom. The average molecular weight is 200 g/mol. The van der Waals surface area contributed by atoms with E-state index in [9.17, 15) is 0 Å². The van der Waals surface area contributed by atoms with E-state index in [2.05, 4.69) is 43.2 Å². The van der Waals surface area contributed by atoms with Gasteiger partial charge in [-0.3, -0.25) is 4.68 Å². The standard InChI is InChI=1S/C13H16N2/c1-9-5-6-12(7-10(9)2)13-8-11(3)14-15(13)4/h5-8H,1-4H3. The van der Waals surface area contributed by atoms with Gasteiger partial charge in [0.25, 0.3) is 0 Å². The van der Waals surface area contributed by atoms with Gasteiger partial charge in [0.15, 0.2) is 0 Å². The highest BCUT2D eigenvalue weighted by molar-refractivity contribution is 5.61. The van der Waals surface area contributed by atoms with Gasteiger partial charge in [-0.1, -0.05) is 12.1 Å². The van der Waals surface area contributed by atoms with Crippen molar-refractivity contribution in [3.63, 3.8) is 0 Å². The third kappa shape index (κ3) is 1.80. The number of aromatic nitrogens is 2. The highest BCUT2D eigenvalue weighted by Gasteiger charge is 2.05. The van der Waals surface area contributed by atoms with Crippen LogP contribution >= 0.6 is 0 Å². The lowest BCUT2D eigenvalue weighted by molar-refractivity contribution is 0.764. The third-order valence-electron chi connectivity index (χ3n) is 2.80. The van der Waals surface area contributed by atoms with Gasteiger partial charge < -0.3 is 0 Å². The average Bonchev–Trinajstić information content (AvgIpc) is 2.50. The Balaban J connectivity index is 2.54. The van der Waals surface area contributed by atoms with Crippen molar-refractivity contribution in [1.29, 1.82) is 0 Å². The van der Waals surface area contributed by atoms with E-state index >= 15 is 0 Å². The fraction of sp³-hybridized carbons (Fsp3) is 0.308. The summed E-state index contributed by atoms with van der Waals surface area (Å²) in [5, 5.41) is 4.36. The molecule has 0 fully saturated rings. The largest absolute Gasteiger partial charge is 0.268 e. The van der Waals surface area contributed by atoms with Crippen molar-refractivity contribution in [3.8, 4) is 11.3 Å². The van der Waals surface area contributed by atoms with E-state index in [0.717, 1.165) is 5.69 Å². The molecule has 0 saturated carbocycles. The summed E-state index contributed by atoms with van der Waals surface area (Å²) in [6.45, 7) is 6.29. The van der Waals surface area contributed by atoms with Crippen LogP contribution in [-0.4, -0.2) is 9.78 Å². The summed E-state index contributed by atoms with van der Waals surface area (Å²) in [4.78, 5) is 0. The van der Waals surface area contributed by atoms with Crippen LogP contribution in [0.5, 0.6) is 0 Å². The maximum absolute atomic E-state index is 4.36. The number of aryl methyl sites for hydroxylation is 4. The van der Waals surface area contributed by atoms with Crippen LogP contribution in [0.15, 0.2) is 24.3 Å². The van der Waals surface area contributed by atoms with Crippen molar-refractivity contribution in [2.24, 2.45) is 7.05 Å². The predicted octanol–water partition coefficient (Wildman–Crippen LogP) is 3.01. The Bertz CT molecular complexity index is 495. The molecule has 78 valence electrons. The summed E-state index contributed by atoms with van der Waals surface area (Å²) < 4.78 is 1.93. The molecule has 0 amide bonds. The number of nitrogens with zero attached hydrogens (tertiary/aromatic N) is 2. The van der Waals surface area contributed by atoms with Crippen LogP contribution in [0, 0.1) is 20.8 Å². The summed E-state index contributed by atoms with van der Waals surface area (Å²) in [7, 11) is 1.98. The first-order chi connectivity index (χ1) is 7.08. The van der Waals surface area contributed by atoms with Crippen LogP contribution in [0.3, 0.4) is 0 Å². The molecule has 15 heavy (non-hydrogen) atoms. The second-order valence-corrected chi connectivity index (χ2v) is 4.09. The molecule has 0 aliphatic carbocycles. The summed E-state index contributed by atoms with van der Waals surface area (Å²) in [5.74, 6) is 0. The van der Waals surface area contributed by atoms with Gasteiger partial charge in [0.1, 0.15) is 0 Å². The molecule has 2 rings (SSSR count). The normalized spacial score (nSPS) is 10.7. The minimum absolute atomic E-state index is 1.06. The van der Waals surface area contributed by atoms with Crippen LogP contribution in [-0.2, 0) is 7.05 Å². The van der Waals surface area contributed by atoms with Gasteiger partial charge in [0.05, 0.1) is 11.4 Å².